The van der Waals surface area contributed by atoms with Gasteiger partial charge in [-0.25, -0.2) is 0 Å². The molecular formula is C5H11ClO2. The summed E-state index contributed by atoms with van der Waals surface area (Å²) in [6.07, 6.45) is 2.31. The summed E-state index contributed by atoms with van der Waals surface area (Å²) in [6, 6.07) is 0. The van der Waals surface area contributed by atoms with Crippen LogP contribution in [0, 0.1) is 0 Å². The molecule has 1 aliphatic heterocycles. The third-order valence-electron chi connectivity index (χ3n) is 1.23. The highest BCUT2D eigenvalue weighted by molar-refractivity contribution is 5.85. The zero-order valence-corrected chi connectivity index (χ0v) is 5.49. The van der Waals surface area contributed by atoms with Crippen molar-refractivity contribution in [2.24, 2.45) is 0 Å². The second-order valence-corrected chi connectivity index (χ2v) is 1.82. The fourth-order valence-corrected chi connectivity index (χ4v) is 0.788. The highest BCUT2D eigenvalue weighted by atomic mass is 35.5. The Morgan fingerprint density at radius 3 is 2.62 bits per heavy atom. The van der Waals surface area contributed by atoms with Crippen LogP contribution in [0.4, 0.5) is 0 Å². The molecule has 0 spiro atoms. The Morgan fingerprint density at radius 1 is 1.62 bits per heavy atom. The first-order chi connectivity index (χ1) is 3.43. The Hall–Kier alpha value is 0.210. The van der Waals surface area contributed by atoms with Gasteiger partial charge in [-0.15, -0.1) is 12.4 Å². The lowest BCUT2D eigenvalue weighted by Crippen LogP contribution is -2.09. The molecule has 1 fully saturated rings. The standard InChI is InChI=1S/C5H10O2.ClH/c6-4-5-2-1-3-7-5;/h5-6H,1-4H2;1H. The third-order valence-corrected chi connectivity index (χ3v) is 1.23. The predicted molar refractivity (Wildman–Crippen MR) is 33.3 cm³/mol. The molecule has 1 unspecified atom stereocenters. The molecule has 50 valence electrons. The molecule has 1 rings (SSSR count). The highest BCUT2D eigenvalue weighted by Gasteiger charge is 2.12. The van der Waals surface area contributed by atoms with Crippen molar-refractivity contribution in [3.8, 4) is 0 Å². The summed E-state index contributed by atoms with van der Waals surface area (Å²) in [7, 11) is 0. The van der Waals surface area contributed by atoms with E-state index in [4.69, 9.17) is 9.84 Å². The molecule has 3 heteroatoms. The van der Waals surface area contributed by atoms with Gasteiger partial charge in [-0.05, 0) is 12.8 Å². The number of halogens is 1. The van der Waals surface area contributed by atoms with E-state index in [0.717, 1.165) is 19.4 Å². The van der Waals surface area contributed by atoms with Gasteiger partial charge in [-0.3, -0.25) is 0 Å². The molecule has 2 nitrogen and oxygen atoms in total. The molecule has 0 aromatic heterocycles. The van der Waals surface area contributed by atoms with Crippen molar-refractivity contribution in [1.29, 1.82) is 0 Å². The molecule has 1 aliphatic rings. The molecule has 1 atom stereocenters. The Balaban J connectivity index is 0.000000490. The predicted octanol–water partition coefficient (Wildman–Crippen LogP) is 0.580. The van der Waals surface area contributed by atoms with Crippen LogP contribution < -0.4 is 0 Å². The Kier molecular flexibility index (Phi) is 4.23. The van der Waals surface area contributed by atoms with Crippen LogP contribution in [0.5, 0.6) is 0 Å². The molecule has 1 N–H and O–H groups in total. The van der Waals surface area contributed by atoms with Gasteiger partial charge in [0.2, 0.25) is 0 Å². The minimum absolute atomic E-state index is 0. The quantitative estimate of drug-likeness (QED) is 0.575. The molecule has 0 aromatic rings. The zero-order valence-electron chi connectivity index (χ0n) is 4.67. The van der Waals surface area contributed by atoms with E-state index in [1.54, 1.807) is 0 Å². The number of aliphatic hydroxyl groups excluding tert-OH is 1. The highest BCUT2D eigenvalue weighted by Crippen LogP contribution is 2.09. The summed E-state index contributed by atoms with van der Waals surface area (Å²) in [5.74, 6) is 0. The molecule has 0 amide bonds. The first kappa shape index (κ1) is 8.21. The van der Waals surface area contributed by atoms with Crippen LogP contribution in [0.15, 0.2) is 0 Å². The maximum atomic E-state index is 8.44. The molecule has 0 aromatic carbocycles. The molecule has 0 aliphatic carbocycles. The van der Waals surface area contributed by atoms with Gasteiger partial charge in [0.25, 0.3) is 0 Å². The van der Waals surface area contributed by atoms with Gasteiger partial charge in [0.05, 0.1) is 12.7 Å². The van der Waals surface area contributed by atoms with Crippen molar-refractivity contribution in [2.45, 2.75) is 18.9 Å². The Labute approximate surface area is 55.3 Å². The molecule has 1 heterocycles. The largest absolute Gasteiger partial charge is 0.394 e. The van der Waals surface area contributed by atoms with Crippen LogP contribution >= 0.6 is 12.4 Å². The summed E-state index contributed by atoms with van der Waals surface area (Å²) >= 11 is 0. The lowest BCUT2D eigenvalue weighted by atomic mass is 10.2. The topological polar surface area (TPSA) is 29.5 Å². The van der Waals surface area contributed by atoms with Crippen molar-refractivity contribution in [1.82, 2.24) is 0 Å². The van der Waals surface area contributed by atoms with Crippen molar-refractivity contribution >= 4 is 12.4 Å². The second-order valence-electron chi connectivity index (χ2n) is 1.82. The molecule has 0 radical (unpaired) electrons. The summed E-state index contributed by atoms with van der Waals surface area (Å²) in [5.41, 5.74) is 0. The van der Waals surface area contributed by atoms with E-state index in [0.29, 0.717) is 0 Å². The average molecular weight is 139 g/mol. The number of ether oxygens (including phenoxy) is 1. The number of hydrogen-bond donors (Lipinski definition) is 1. The van der Waals surface area contributed by atoms with Gasteiger partial charge in [0.15, 0.2) is 0 Å². The first-order valence-corrected chi connectivity index (χ1v) is 2.66. The van der Waals surface area contributed by atoms with Crippen LogP contribution in [-0.2, 0) is 4.74 Å². The van der Waals surface area contributed by atoms with Gasteiger partial charge >= 0.3 is 0 Å². The van der Waals surface area contributed by atoms with Crippen LogP contribution in [0.3, 0.4) is 0 Å². The molecule has 0 saturated carbocycles. The van der Waals surface area contributed by atoms with E-state index < -0.39 is 0 Å². The third kappa shape index (κ3) is 1.99. The smallest absolute Gasteiger partial charge is 0.0806 e. The molecule has 8 heavy (non-hydrogen) atoms. The van der Waals surface area contributed by atoms with Crippen LogP contribution in [0.1, 0.15) is 12.8 Å². The molecule has 1 saturated heterocycles. The Bertz CT molecular complexity index is 52.4. The normalized spacial score (nSPS) is 27.4. The summed E-state index contributed by atoms with van der Waals surface area (Å²) in [5, 5.41) is 8.44. The summed E-state index contributed by atoms with van der Waals surface area (Å²) in [4.78, 5) is 0. The van der Waals surface area contributed by atoms with Gasteiger partial charge < -0.3 is 9.84 Å². The lowest BCUT2D eigenvalue weighted by Gasteiger charge is -2.00. The van der Waals surface area contributed by atoms with Crippen LogP contribution in [-0.4, -0.2) is 24.4 Å². The number of rotatable bonds is 1. The second kappa shape index (κ2) is 4.13. The zero-order chi connectivity index (χ0) is 5.11. The number of aliphatic hydroxyl groups is 1. The van der Waals surface area contributed by atoms with Crippen LogP contribution in [0.25, 0.3) is 0 Å². The van der Waals surface area contributed by atoms with Crippen molar-refractivity contribution in [3.05, 3.63) is 0 Å². The van der Waals surface area contributed by atoms with E-state index in [9.17, 15) is 0 Å². The van der Waals surface area contributed by atoms with Gasteiger partial charge in [-0.2, -0.15) is 0 Å². The van der Waals surface area contributed by atoms with Crippen molar-refractivity contribution < 1.29 is 9.84 Å². The minimum Gasteiger partial charge on any atom is -0.394 e. The lowest BCUT2D eigenvalue weighted by molar-refractivity contribution is 0.0591. The maximum Gasteiger partial charge on any atom is 0.0806 e. The Morgan fingerprint density at radius 2 is 2.38 bits per heavy atom. The summed E-state index contributed by atoms with van der Waals surface area (Å²) < 4.78 is 5.05. The fraction of sp³-hybridized carbons (Fsp3) is 1.00. The van der Waals surface area contributed by atoms with Gasteiger partial charge in [0.1, 0.15) is 0 Å². The SMILES string of the molecule is Cl.OCC1CCCO1. The van der Waals surface area contributed by atoms with Gasteiger partial charge in [-0.1, -0.05) is 0 Å². The summed E-state index contributed by atoms with van der Waals surface area (Å²) in [6.45, 7) is 1.03. The minimum atomic E-state index is 0. The fourth-order valence-electron chi connectivity index (χ4n) is 0.788. The monoisotopic (exact) mass is 138 g/mol. The van der Waals surface area contributed by atoms with Gasteiger partial charge in [0, 0.05) is 6.61 Å². The van der Waals surface area contributed by atoms with E-state index >= 15 is 0 Å². The van der Waals surface area contributed by atoms with Crippen molar-refractivity contribution in [3.63, 3.8) is 0 Å². The van der Waals surface area contributed by atoms with E-state index in [1.165, 1.54) is 0 Å². The molecular weight excluding hydrogens is 128 g/mol. The van der Waals surface area contributed by atoms with Crippen molar-refractivity contribution in [2.75, 3.05) is 13.2 Å². The molecule has 0 bridgehead atoms. The van der Waals surface area contributed by atoms with E-state index in [1.807, 2.05) is 0 Å². The first-order valence-electron chi connectivity index (χ1n) is 2.66. The van der Waals surface area contributed by atoms with Crippen LogP contribution in [0.2, 0.25) is 0 Å². The average Bonchev–Trinajstić information content (AvgIpc) is 2.14. The van der Waals surface area contributed by atoms with E-state index in [-0.39, 0.29) is 25.1 Å². The number of hydrogen-bond acceptors (Lipinski definition) is 2. The maximum absolute atomic E-state index is 8.44. The van der Waals surface area contributed by atoms with E-state index in [2.05, 4.69) is 0 Å².